The molecule has 1 aromatic carbocycles. The zero-order chi connectivity index (χ0) is 14.9. The number of nitro benzene ring substituents is 1. The minimum Gasteiger partial charge on any atom is -0.375 e. The summed E-state index contributed by atoms with van der Waals surface area (Å²) in [6, 6.07) is 1.35. The molecule has 0 saturated carbocycles. The molecular weight excluding hydrogens is 272 g/mol. The number of nitrogens with one attached hydrogen (secondary N) is 1. The highest BCUT2D eigenvalue weighted by Crippen LogP contribution is 2.29. The molecule has 0 amide bonds. The lowest BCUT2D eigenvalue weighted by Crippen LogP contribution is -2.06. The van der Waals surface area contributed by atoms with E-state index in [1.165, 1.54) is 0 Å². The van der Waals surface area contributed by atoms with Gasteiger partial charge < -0.3 is 9.84 Å². The molecule has 0 aliphatic carbocycles. The average Bonchev–Trinajstić information content (AvgIpc) is 2.65. The third kappa shape index (κ3) is 2.58. The van der Waals surface area contributed by atoms with Crippen molar-refractivity contribution in [1.29, 1.82) is 0 Å². The van der Waals surface area contributed by atoms with Gasteiger partial charge in [0.15, 0.2) is 0 Å². The summed E-state index contributed by atoms with van der Waals surface area (Å²) < 4.78 is 31.5. The third-order valence-corrected chi connectivity index (χ3v) is 2.85. The third-order valence-electron chi connectivity index (χ3n) is 2.85. The van der Waals surface area contributed by atoms with E-state index in [2.05, 4.69) is 10.5 Å². The number of hydrogen-bond donors (Lipinski definition) is 1. The molecule has 8 heteroatoms. The maximum absolute atomic E-state index is 13.4. The Labute approximate surface area is 112 Å². The summed E-state index contributed by atoms with van der Waals surface area (Å²) >= 11 is 0. The molecule has 0 saturated heterocycles. The lowest BCUT2D eigenvalue weighted by atomic mass is 10.2. The fourth-order valence-electron chi connectivity index (χ4n) is 1.82. The molecule has 1 heterocycles. The predicted octanol–water partition coefficient (Wildman–Crippen LogP) is 3.09. The molecule has 0 radical (unpaired) electrons. The molecule has 20 heavy (non-hydrogen) atoms. The predicted molar refractivity (Wildman–Crippen MR) is 66.3 cm³/mol. The molecule has 0 bridgehead atoms. The van der Waals surface area contributed by atoms with Crippen LogP contribution in [0, 0.1) is 35.6 Å². The standard InChI is InChI=1S/C12H11F2N3O3/c1-6-9(7(2)20-16-6)5-15-11-4-8(13)3-10(14)12(11)17(18)19/h3-4,15H,5H2,1-2H3. The van der Waals surface area contributed by atoms with E-state index in [4.69, 9.17) is 4.52 Å². The molecule has 2 rings (SSSR count). The molecule has 2 aromatic rings. The summed E-state index contributed by atoms with van der Waals surface area (Å²) in [6.45, 7) is 3.50. The van der Waals surface area contributed by atoms with Gasteiger partial charge in [-0.1, -0.05) is 5.16 Å². The van der Waals surface area contributed by atoms with Crippen molar-refractivity contribution in [3.63, 3.8) is 0 Å². The first-order valence-corrected chi connectivity index (χ1v) is 5.69. The van der Waals surface area contributed by atoms with Crippen molar-refractivity contribution in [1.82, 2.24) is 5.16 Å². The second-order valence-electron chi connectivity index (χ2n) is 4.20. The topological polar surface area (TPSA) is 81.2 Å². The van der Waals surface area contributed by atoms with Gasteiger partial charge in [0.05, 0.1) is 10.6 Å². The number of aryl methyl sites for hydroxylation is 2. The highest BCUT2D eigenvalue weighted by Gasteiger charge is 2.22. The summed E-state index contributed by atoms with van der Waals surface area (Å²) in [5, 5.41) is 17.2. The van der Waals surface area contributed by atoms with E-state index in [9.17, 15) is 18.9 Å². The monoisotopic (exact) mass is 283 g/mol. The van der Waals surface area contributed by atoms with E-state index < -0.39 is 22.2 Å². The van der Waals surface area contributed by atoms with Crippen LogP contribution in [0.4, 0.5) is 20.2 Å². The second kappa shape index (κ2) is 5.24. The lowest BCUT2D eigenvalue weighted by Gasteiger charge is -2.07. The van der Waals surface area contributed by atoms with E-state index in [0.717, 1.165) is 6.07 Å². The smallest absolute Gasteiger partial charge is 0.327 e. The minimum absolute atomic E-state index is 0.116. The lowest BCUT2D eigenvalue weighted by molar-refractivity contribution is -0.386. The number of aromatic nitrogens is 1. The summed E-state index contributed by atoms with van der Waals surface area (Å²) in [5.41, 5.74) is 0.268. The van der Waals surface area contributed by atoms with Crippen LogP contribution in [0.25, 0.3) is 0 Å². The van der Waals surface area contributed by atoms with Gasteiger partial charge >= 0.3 is 5.69 Å². The van der Waals surface area contributed by atoms with Crippen LogP contribution in [0.1, 0.15) is 17.0 Å². The van der Waals surface area contributed by atoms with Gasteiger partial charge in [0.2, 0.25) is 5.82 Å². The van der Waals surface area contributed by atoms with Crippen molar-refractivity contribution in [2.75, 3.05) is 5.32 Å². The fraction of sp³-hybridized carbons (Fsp3) is 0.250. The van der Waals surface area contributed by atoms with E-state index >= 15 is 0 Å². The molecule has 0 atom stereocenters. The Bertz CT molecular complexity index is 651. The minimum atomic E-state index is -1.23. The highest BCUT2D eigenvalue weighted by atomic mass is 19.1. The van der Waals surface area contributed by atoms with Crippen LogP contribution in [0.5, 0.6) is 0 Å². The summed E-state index contributed by atoms with van der Waals surface area (Å²) in [7, 11) is 0. The highest BCUT2D eigenvalue weighted by molar-refractivity contribution is 5.62. The number of anilines is 1. The maximum atomic E-state index is 13.4. The van der Waals surface area contributed by atoms with Crippen LogP contribution >= 0.6 is 0 Å². The quantitative estimate of drug-likeness (QED) is 0.688. The van der Waals surface area contributed by atoms with Crippen molar-refractivity contribution in [2.45, 2.75) is 20.4 Å². The first kappa shape index (κ1) is 13.9. The van der Waals surface area contributed by atoms with Gasteiger partial charge in [-0.25, -0.2) is 4.39 Å². The molecule has 1 aromatic heterocycles. The van der Waals surface area contributed by atoms with Gasteiger partial charge in [-0.2, -0.15) is 4.39 Å². The van der Waals surface area contributed by atoms with E-state index in [-0.39, 0.29) is 12.2 Å². The summed E-state index contributed by atoms with van der Waals surface area (Å²) in [4.78, 5) is 9.92. The Kier molecular flexibility index (Phi) is 3.64. The van der Waals surface area contributed by atoms with Crippen LogP contribution < -0.4 is 5.32 Å². The second-order valence-corrected chi connectivity index (χ2v) is 4.20. The van der Waals surface area contributed by atoms with Crippen molar-refractivity contribution >= 4 is 11.4 Å². The molecule has 0 unspecified atom stereocenters. The number of benzene rings is 1. The number of hydrogen-bond acceptors (Lipinski definition) is 5. The zero-order valence-electron chi connectivity index (χ0n) is 10.7. The maximum Gasteiger partial charge on any atom is 0.327 e. The van der Waals surface area contributed by atoms with Crippen LogP contribution in [-0.4, -0.2) is 10.1 Å². The van der Waals surface area contributed by atoms with E-state index in [1.54, 1.807) is 13.8 Å². The summed E-state index contributed by atoms with van der Waals surface area (Å²) in [5.74, 6) is -1.58. The molecule has 0 aliphatic rings. The molecule has 0 aliphatic heterocycles. The van der Waals surface area contributed by atoms with Gasteiger partial charge in [0, 0.05) is 24.2 Å². The van der Waals surface area contributed by atoms with Crippen LogP contribution in [0.2, 0.25) is 0 Å². The number of nitrogens with zero attached hydrogens (tertiary/aromatic N) is 2. The van der Waals surface area contributed by atoms with Gasteiger partial charge in [-0.15, -0.1) is 0 Å². The normalized spacial score (nSPS) is 10.6. The van der Waals surface area contributed by atoms with Gasteiger partial charge in [-0.05, 0) is 13.8 Å². The fourth-order valence-corrected chi connectivity index (χ4v) is 1.82. The SMILES string of the molecule is Cc1noc(C)c1CNc1cc(F)cc(F)c1[N+](=O)[O-]. The van der Waals surface area contributed by atoms with Crippen LogP contribution in [-0.2, 0) is 6.54 Å². The average molecular weight is 283 g/mol. The van der Waals surface area contributed by atoms with Crippen LogP contribution in [0.3, 0.4) is 0 Å². The van der Waals surface area contributed by atoms with Gasteiger partial charge in [-0.3, -0.25) is 10.1 Å². The number of halogens is 2. The van der Waals surface area contributed by atoms with Gasteiger partial charge in [0.1, 0.15) is 17.3 Å². The molecule has 1 N–H and O–H groups in total. The van der Waals surface area contributed by atoms with Crippen molar-refractivity contribution in [2.24, 2.45) is 0 Å². The molecular formula is C12H11F2N3O3. The Balaban J connectivity index is 2.32. The van der Waals surface area contributed by atoms with E-state index in [0.29, 0.717) is 23.1 Å². The molecule has 6 nitrogen and oxygen atoms in total. The summed E-state index contributed by atoms with van der Waals surface area (Å²) in [6.07, 6.45) is 0. The Morgan fingerprint density at radius 3 is 2.65 bits per heavy atom. The Hall–Kier alpha value is -2.51. The first-order valence-electron chi connectivity index (χ1n) is 5.69. The number of nitro groups is 1. The Morgan fingerprint density at radius 1 is 1.40 bits per heavy atom. The van der Waals surface area contributed by atoms with Gasteiger partial charge in [0.25, 0.3) is 0 Å². The molecule has 106 valence electrons. The van der Waals surface area contributed by atoms with E-state index in [1.807, 2.05) is 0 Å². The first-order chi connectivity index (χ1) is 9.40. The van der Waals surface area contributed by atoms with Crippen LogP contribution in [0.15, 0.2) is 16.7 Å². The van der Waals surface area contributed by atoms with Crippen molar-refractivity contribution < 1.29 is 18.2 Å². The zero-order valence-corrected chi connectivity index (χ0v) is 10.7. The number of rotatable bonds is 4. The van der Waals surface area contributed by atoms with Crippen molar-refractivity contribution in [3.05, 3.63) is 50.9 Å². The van der Waals surface area contributed by atoms with Crippen molar-refractivity contribution in [3.8, 4) is 0 Å². The molecule has 0 fully saturated rings. The largest absolute Gasteiger partial charge is 0.375 e. The Morgan fingerprint density at radius 2 is 2.10 bits per heavy atom. The molecule has 0 spiro atoms.